The molecule has 0 radical (unpaired) electrons. The second kappa shape index (κ2) is 6.34. The quantitative estimate of drug-likeness (QED) is 0.877. The molecule has 3 nitrogen and oxygen atoms in total. The Labute approximate surface area is 117 Å². The molecule has 100 valence electrons. The summed E-state index contributed by atoms with van der Waals surface area (Å²) in [5.74, 6) is -0.0299. The maximum atomic E-state index is 11.6. The number of amides is 1. The molecule has 0 saturated heterocycles. The van der Waals surface area contributed by atoms with E-state index < -0.39 is 5.60 Å². The topological polar surface area (TPSA) is 49.3 Å². The van der Waals surface area contributed by atoms with E-state index in [-0.39, 0.29) is 12.5 Å². The van der Waals surface area contributed by atoms with Crippen LogP contribution < -0.4 is 5.32 Å². The van der Waals surface area contributed by atoms with E-state index in [2.05, 4.69) is 27.3 Å². The number of benzene rings is 1. The maximum absolute atomic E-state index is 11.6. The summed E-state index contributed by atoms with van der Waals surface area (Å²) in [5, 5.41) is 12.2. The molecule has 0 atom stereocenters. The second-order valence-corrected chi connectivity index (χ2v) is 6.03. The molecule has 0 heterocycles. The Hall–Kier alpha value is -0.870. The number of aliphatic hydroxyl groups is 1. The number of carbonyl (C=O) groups excluding carboxylic acids is 1. The Morgan fingerprint density at radius 3 is 2.67 bits per heavy atom. The minimum absolute atomic E-state index is 0.0299. The van der Waals surface area contributed by atoms with E-state index in [9.17, 15) is 9.90 Å². The lowest BCUT2D eigenvalue weighted by Crippen LogP contribution is -2.38. The molecule has 0 aromatic heterocycles. The number of halogens is 1. The van der Waals surface area contributed by atoms with E-state index in [1.54, 1.807) is 13.8 Å². The van der Waals surface area contributed by atoms with Gasteiger partial charge in [0.05, 0.1) is 5.60 Å². The van der Waals surface area contributed by atoms with Crippen molar-refractivity contribution in [2.24, 2.45) is 0 Å². The zero-order valence-electron chi connectivity index (χ0n) is 11.1. The van der Waals surface area contributed by atoms with E-state index in [1.807, 2.05) is 19.1 Å². The van der Waals surface area contributed by atoms with E-state index >= 15 is 0 Å². The molecular formula is C14H20BrNO2. The first-order valence-electron chi connectivity index (χ1n) is 6.02. The number of aryl methyl sites for hydroxylation is 2. The van der Waals surface area contributed by atoms with Crippen molar-refractivity contribution in [2.75, 3.05) is 6.54 Å². The van der Waals surface area contributed by atoms with Gasteiger partial charge >= 0.3 is 0 Å². The van der Waals surface area contributed by atoms with E-state index in [4.69, 9.17) is 0 Å². The average molecular weight is 314 g/mol. The minimum atomic E-state index is -0.857. The van der Waals surface area contributed by atoms with Crippen LogP contribution in [0.3, 0.4) is 0 Å². The molecule has 1 aromatic rings. The molecule has 0 saturated carbocycles. The molecule has 18 heavy (non-hydrogen) atoms. The Morgan fingerprint density at radius 1 is 1.44 bits per heavy atom. The third kappa shape index (κ3) is 5.65. The summed E-state index contributed by atoms with van der Waals surface area (Å²) in [7, 11) is 0. The van der Waals surface area contributed by atoms with Crippen molar-refractivity contribution in [3.8, 4) is 0 Å². The summed E-state index contributed by atoms with van der Waals surface area (Å²) in [6, 6.07) is 6.09. The lowest BCUT2D eigenvalue weighted by Gasteiger charge is -2.17. The van der Waals surface area contributed by atoms with Gasteiger partial charge in [0.15, 0.2) is 0 Å². The summed E-state index contributed by atoms with van der Waals surface area (Å²) in [5.41, 5.74) is 1.46. The van der Waals surface area contributed by atoms with Crippen LogP contribution in [0.2, 0.25) is 0 Å². The molecule has 2 N–H and O–H groups in total. The highest BCUT2D eigenvalue weighted by Crippen LogP contribution is 2.17. The minimum Gasteiger partial charge on any atom is -0.389 e. The van der Waals surface area contributed by atoms with Crippen LogP contribution in [0.25, 0.3) is 0 Å². The Balaban J connectivity index is 2.40. The molecular weight excluding hydrogens is 294 g/mol. The number of hydrogen-bond donors (Lipinski definition) is 2. The van der Waals surface area contributed by atoms with Crippen molar-refractivity contribution < 1.29 is 9.90 Å². The fraction of sp³-hybridized carbons (Fsp3) is 0.500. The van der Waals surface area contributed by atoms with Crippen LogP contribution in [-0.4, -0.2) is 23.2 Å². The molecule has 0 aliphatic rings. The third-order valence-electron chi connectivity index (χ3n) is 2.58. The van der Waals surface area contributed by atoms with Gasteiger partial charge in [0.2, 0.25) is 5.91 Å². The summed E-state index contributed by atoms with van der Waals surface area (Å²) in [6.07, 6.45) is 1.16. The highest BCUT2D eigenvalue weighted by atomic mass is 79.9. The fourth-order valence-corrected chi connectivity index (χ4v) is 1.77. The molecule has 0 aliphatic carbocycles. The zero-order chi connectivity index (χ0) is 13.8. The van der Waals surface area contributed by atoms with E-state index in [1.165, 1.54) is 5.56 Å². The monoisotopic (exact) mass is 313 g/mol. The number of carbonyl (C=O) groups is 1. The summed E-state index contributed by atoms with van der Waals surface area (Å²) >= 11 is 3.45. The van der Waals surface area contributed by atoms with Crippen LogP contribution in [0.5, 0.6) is 0 Å². The van der Waals surface area contributed by atoms with E-state index in [0.717, 1.165) is 10.0 Å². The Kier molecular flexibility index (Phi) is 5.35. The van der Waals surface area contributed by atoms with E-state index in [0.29, 0.717) is 12.8 Å². The van der Waals surface area contributed by atoms with Crippen molar-refractivity contribution in [1.29, 1.82) is 0 Å². The molecule has 0 unspecified atom stereocenters. The second-order valence-electron chi connectivity index (χ2n) is 5.17. The van der Waals surface area contributed by atoms with Crippen molar-refractivity contribution in [3.05, 3.63) is 33.8 Å². The van der Waals surface area contributed by atoms with Gasteiger partial charge in [0.25, 0.3) is 0 Å². The van der Waals surface area contributed by atoms with Crippen LogP contribution in [0.4, 0.5) is 0 Å². The highest BCUT2D eigenvalue weighted by Gasteiger charge is 2.13. The highest BCUT2D eigenvalue weighted by molar-refractivity contribution is 9.10. The van der Waals surface area contributed by atoms with Gasteiger partial charge in [-0.05, 0) is 44.4 Å². The fourth-order valence-electron chi connectivity index (χ4n) is 1.52. The smallest absolute Gasteiger partial charge is 0.220 e. The third-order valence-corrected chi connectivity index (χ3v) is 3.47. The molecule has 0 spiro atoms. The predicted octanol–water partition coefficient (Wildman–Crippen LogP) is 2.58. The zero-order valence-corrected chi connectivity index (χ0v) is 12.7. The SMILES string of the molecule is Cc1cc(CCC(=O)NCC(C)(C)O)ccc1Br. The molecule has 0 bridgehead atoms. The van der Waals surface area contributed by atoms with Gasteiger partial charge in [0, 0.05) is 17.4 Å². The summed E-state index contributed by atoms with van der Waals surface area (Å²) < 4.78 is 1.08. The van der Waals surface area contributed by atoms with Crippen LogP contribution >= 0.6 is 15.9 Å². The molecule has 1 aromatic carbocycles. The van der Waals surface area contributed by atoms with Gasteiger partial charge in [-0.2, -0.15) is 0 Å². The molecule has 4 heteroatoms. The van der Waals surface area contributed by atoms with Gasteiger partial charge in [-0.1, -0.05) is 28.1 Å². The first-order valence-corrected chi connectivity index (χ1v) is 6.81. The largest absolute Gasteiger partial charge is 0.389 e. The van der Waals surface area contributed by atoms with Gasteiger partial charge in [0.1, 0.15) is 0 Å². The van der Waals surface area contributed by atoms with Crippen LogP contribution in [0.15, 0.2) is 22.7 Å². The van der Waals surface area contributed by atoms with Gasteiger partial charge in [-0.3, -0.25) is 4.79 Å². The van der Waals surface area contributed by atoms with Gasteiger partial charge in [-0.25, -0.2) is 0 Å². The van der Waals surface area contributed by atoms with Crippen LogP contribution in [0.1, 0.15) is 31.4 Å². The van der Waals surface area contributed by atoms with Crippen LogP contribution in [0, 0.1) is 6.92 Å². The summed E-state index contributed by atoms with van der Waals surface area (Å²) in [4.78, 5) is 11.6. The van der Waals surface area contributed by atoms with Crippen LogP contribution in [-0.2, 0) is 11.2 Å². The Bertz CT molecular complexity index is 424. The van der Waals surface area contributed by atoms with Gasteiger partial charge in [-0.15, -0.1) is 0 Å². The summed E-state index contributed by atoms with van der Waals surface area (Å²) in [6.45, 7) is 5.66. The number of nitrogens with one attached hydrogen (secondary N) is 1. The maximum Gasteiger partial charge on any atom is 0.220 e. The first kappa shape index (κ1) is 15.2. The normalized spacial score (nSPS) is 11.4. The lowest BCUT2D eigenvalue weighted by molar-refractivity contribution is -0.122. The van der Waals surface area contributed by atoms with Crippen molar-refractivity contribution >= 4 is 21.8 Å². The van der Waals surface area contributed by atoms with Crippen molar-refractivity contribution in [1.82, 2.24) is 5.32 Å². The molecule has 1 amide bonds. The average Bonchev–Trinajstić information content (AvgIpc) is 2.27. The standard InChI is InChI=1S/C14H20BrNO2/c1-10-8-11(4-6-12(10)15)5-7-13(17)16-9-14(2,3)18/h4,6,8,18H,5,7,9H2,1-3H3,(H,16,17). The van der Waals surface area contributed by atoms with Crippen molar-refractivity contribution in [2.45, 2.75) is 39.2 Å². The van der Waals surface area contributed by atoms with Gasteiger partial charge < -0.3 is 10.4 Å². The Morgan fingerprint density at radius 2 is 2.11 bits per heavy atom. The molecule has 1 rings (SSSR count). The number of rotatable bonds is 5. The van der Waals surface area contributed by atoms with Crippen molar-refractivity contribution in [3.63, 3.8) is 0 Å². The molecule has 0 aliphatic heterocycles. The predicted molar refractivity (Wildman–Crippen MR) is 76.5 cm³/mol. The lowest BCUT2D eigenvalue weighted by atomic mass is 10.1. The first-order chi connectivity index (χ1) is 8.28. The molecule has 0 fully saturated rings. The number of hydrogen-bond acceptors (Lipinski definition) is 2.